The third-order valence-electron chi connectivity index (χ3n) is 3.55. The zero-order chi connectivity index (χ0) is 15.1. The number of aliphatic imine (C=N–C) groups is 1. The van der Waals surface area contributed by atoms with E-state index in [1.165, 1.54) is 11.3 Å². The summed E-state index contributed by atoms with van der Waals surface area (Å²) in [6, 6.07) is 7.87. The smallest absolute Gasteiger partial charge is 0.236 e. The molecular formula is C16H13N3O2S. The number of thiazole rings is 1. The van der Waals surface area contributed by atoms with E-state index in [1.54, 1.807) is 6.20 Å². The predicted molar refractivity (Wildman–Crippen MR) is 85.8 cm³/mol. The number of aromatic amines is 1. The Balaban J connectivity index is 1.69. The van der Waals surface area contributed by atoms with E-state index in [4.69, 9.17) is 4.74 Å². The maximum atomic E-state index is 12.7. The van der Waals surface area contributed by atoms with Crippen molar-refractivity contribution in [1.29, 1.82) is 0 Å². The second-order valence-electron chi connectivity index (χ2n) is 5.21. The number of fused-ring (bicyclic) bond motifs is 1. The van der Waals surface area contributed by atoms with E-state index < -0.39 is 0 Å². The second-order valence-corrected chi connectivity index (χ2v) is 6.07. The van der Waals surface area contributed by atoms with Gasteiger partial charge in [0.1, 0.15) is 12.3 Å². The molecule has 0 aliphatic carbocycles. The highest BCUT2D eigenvalue weighted by molar-refractivity contribution is 7.12. The molecule has 2 aromatic heterocycles. The maximum Gasteiger partial charge on any atom is 0.236 e. The van der Waals surface area contributed by atoms with Crippen molar-refractivity contribution in [3.05, 3.63) is 52.1 Å². The van der Waals surface area contributed by atoms with E-state index >= 15 is 0 Å². The Morgan fingerprint density at radius 1 is 1.41 bits per heavy atom. The van der Waals surface area contributed by atoms with E-state index in [-0.39, 0.29) is 11.8 Å². The molecule has 1 N–H and O–H groups in total. The third kappa shape index (κ3) is 2.12. The highest BCUT2D eigenvalue weighted by atomic mass is 32.1. The van der Waals surface area contributed by atoms with E-state index in [0.717, 1.165) is 10.9 Å². The van der Waals surface area contributed by atoms with Crippen LogP contribution in [0.25, 0.3) is 10.9 Å². The molecule has 1 aromatic carbocycles. The summed E-state index contributed by atoms with van der Waals surface area (Å²) in [5.74, 6) is 0.446. The van der Waals surface area contributed by atoms with Crippen LogP contribution in [0, 0.1) is 0 Å². The SMILES string of the molecule is CC1COC(c2csc(C(=O)c3c[nH]c4ccccc34)n2)=N1. The van der Waals surface area contributed by atoms with Crippen molar-refractivity contribution >= 4 is 33.9 Å². The Hall–Kier alpha value is -2.47. The van der Waals surface area contributed by atoms with Crippen LogP contribution in [0.15, 0.2) is 40.8 Å². The van der Waals surface area contributed by atoms with E-state index in [0.29, 0.717) is 28.8 Å². The molecule has 110 valence electrons. The number of H-pyrrole nitrogens is 1. The fourth-order valence-corrected chi connectivity index (χ4v) is 3.21. The summed E-state index contributed by atoms with van der Waals surface area (Å²) in [5.41, 5.74) is 2.22. The third-order valence-corrected chi connectivity index (χ3v) is 4.39. The molecule has 6 heteroatoms. The Bertz CT molecular complexity index is 894. The van der Waals surface area contributed by atoms with Gasteiger partial charge in [0.2, 0.25) is 11.7 Å². The largest absolute Gasteiger partial charge is 0.474 e. The Labute approximate surface area is 130 Å². The number of ketones is 1. The van der Waals surface area contributed by atoms with Crippen LogP contribution in [-0.4, -0.2) is 34.3 Å². The lowest BCUT2D eigenvalue weighted by molar-refractivity contribution is 0.104. The molecule has 1 aliphatic rings. The molecule has 1 atom stereocenters. The number of ether oxygens (including phenoxy) is 1. The molecule has 0 radical (unpaired) electrons. The van der Waals surface area contributed by atoms with Gasteiger partial charge in [-0.1, -0.05) is 18.2 Å². The summed E-state index contributed by atoms with van der Waals surface area (Å²) in [4.78, 5) is 24.5. The molecule has 0 bridgehead atoms. The fourth-order valence-electron chi connectivity index (χ4n) is 2.47. The van der Waals surface area contributed by atoms with Crippen LogP contribution in [0.3, 0.4) is 0 Å². The van der Waals surface area contributed by atoms with Gasteiger partial charge < -0.3 is 9.72 Å². The summed E-state index contributed by atoms with van der Waals surface area (Å²) >= 11 is 1.32. The minimum atomic E-state index is -0.0830. The lowest BCUT2D eigenvalue weighted by atomic mass is 10.1. The molecule has 3 heterocycles. The number of rotatable bonds is 3. The number of carbonyl (C=O) groups is 1. The van der Waals surface area contributed by atoms with Crippen LogP contribution in [-0.2, 0) is 4.74 Å². The highest BCUT2D eigenvalue weighted by Gasteiger charge is 2.22. The number of hydrogen-bond donors (Lipinski definition) is 1. The number of para-hydroxylation sites is 1. The second kappa shape index (κ2) is 5.06. The first kappa shape index (κ1) is 13.2. The van der Waals surface area contributed by atoms with Crippen molar-refractivity contribution < 1.29 is 9.53 Å². The molecule has 1 aliphatic heterocycles. The summed E-state index contributed by atoms with van der Waals surface area (Å²) in [6.07, 6.45) is 1.74. The van der Waals surface area contributed by atoms with Crippen molar-refractivity contribution in [1.82, 2.24) is 9.97 Å². The first-order valence-electron chi connectivity index (χ1n) is 6.99. The van der Waals surface area contributed by atoms with Gasteiger partial charge in [-0.15, -0.1) is 11.3 Å². The zero-order valence-electron chi connectivity index (χ0n) is 11.9. The number of carbonyl (C=O) groups excluding carboxylic acids is 1. The van der Waals surface area contributed by atoms with Gasteiger partial charge in [0.15, 0.2) is 5.01 Å². The van der Waals surface area contributed by atoms with Crippen molar-refractivity contribution in [2.45, 2.75) is 13.0 Å². The standard InChI is InChI=1S/C16H13N3O2S/c1-9-7-21-15(18-9)13-8-22-16(19-13)14(20)11-6-17-12-5-3-2-4-10(11)12/h2-6,8-9,17H,7H2,1H3. The van der Waals surface area contributed by atoms with Crippen LogP contribution >= 0.6 is 11.3 Å². The first-order valence-corrected chi connectivity index (χ1v) is 7.87. The Morgan fingerprint density at radius 2 is 2.27 bits per heavy atom. The van der Waals surface area contributed by atoms with Gasteiger partial charge in [0.25, 0.3) is 0 Å². The number of benzene rings is 1. The zero-order valence-corrected chi connectivity index (χ0v) is 12.7. The quantitative estimate of drug-likeness (QED) is 0.756. The lowest BCUT2D eigenvalue weighted by Gasteiger charge is -1.96. The molecule has 0 saturated carbocycles. The minimum absolute atomic E-state index is 0.0830. The highest BCUT2D eigenvalue weighted by Crippen LogP contribution is 2.23. The molecule has 22 heavy (non-hydrogen) atoms. The molecule has 4 rings (SSSR count). The van der Waals surface area contributed by atoms with Gasteiger partial charge in [0, 0.05) is 22.5 Å². The van der Waals surface area contributed by atoms with Crippen molar-refractivity contribution in [3.8, 4) is 0 Å². The van der Waals surface area contributed by atoms with Crippen LogP contribution in [0.2, 0.25) is 0 Å². The fraction of sp³-hybridized carbons (Fsp3) is 0.188. The molecule has 5 nitrogen and oxygen atoms in total. The molecule has 0 saturated heterocycles. The van der Waals surface area contributed by atoms with Crippen LogP contribution in [0.5, 0.6) is 0 Å². The number of nitrogens with one attached hydrogen (secondary N) is 1. The van der Waals surface area contributed by atoms with Crippen LogP contribution < -0.4 is 0 Å². The lowest BCUT2D eigenvalue weighted by Crippen LogP contribution is -2.04. The van der Waals surface area contributed by atoms with Crippen molar-refractivity contribution in [2.24, 2.45) is 4.99 Å². The molecule has 3 aromatic rings. The summed E-state index contributed by atoms with van der Waals surface area (Å²) in [6.45, 7) is 2.55. The predicted octanol–water partition coefficient (Wildman–Crippen LogP) is 3.02. The van der Waals surface area contributed by atoms with E-state index in [9.17, 15) is 4.79 Å². The number of nitrogens with zero attached hydrogens (tertiary/aromatic N) is 2. The summed E-state index contributed by atoms with van der Waals surface area (Å²) in [5, 5.41) is 3.18. The molecular weight excluding hydrogens is 298 g/mol. The average Bonchev–Trinajstić information content (AvgIpc) is 3.25. The van der Waals surface area contributed by atoms with Crippen molar-refractivity contribution in [2.75, 3.05) is 6.61 Å². The normalized spacial score (nSPS) is 17.5. The van der Waals surface area contributed by atoms with Gasteiger partial charge in [0.05, 0.1) is 11.6 Å². The average molecular weight is 311 g/mol. The number of hydrogen-bond acceptors (Lipinski definition) is 5. The van der Waals surface area contributed by atoms with Gasteiger partial charge in [-0.05, 0) is 13.0 Å². The van der Waals surface area contributed by atoms with E-state index in [2.05, 4.69) is 15.0 Å². The van der Waals surface area contributed by atoms with Crippen molar-refractivity contribution in [3.63, 3.8) is 0 Å². The van der Waals surface area contributed by atoms with Gasteiger partial charge in [-0.3, -0.25) is 4.79 Å². The van der Waals surface area contributed by atoms with Gasteiger partial charge in [-0.25, -0.2) is 9.98 Å². The monoisotopic (exact) mass is 311 g/mol. The topological polar surface area (TPSA) is 67.3 Å². The van der Waals surface area contributed by atoms with Gasteiger partial charge in [-0.2, -0.15) is 0 Å². The van der Waals surface area contributed by atoms with E-state index in [1.807, 2.05) is 36.6 Å². The molecule has 1 unspecified atom stereocenters. The Morgan fingerprint density at radius 3 is 3.09 bits per heavy atom. The molecule has 0 amide bonds. The molecule has 0 spiro atoms. The first-order chi connectivity index (χ1) is 10.7. The Kier molecular flexibility index (Phi) is 3.04. The van der Waals surface area contributed by atoms with Gasteiger partial charge >= 0.3 is 0 Å². The number of aromatic nitrogens is 2. The minimum Gasteiger partial charge on any atom is -0.474 e. The van der Waals surface area contributed by atoms with Crippen LogP contribution in [0.1, 0.15) is 28.0 Å². The maximum absolute atomic E-state index is 12.7. The summed E-state index contributed by atoms with van der Waals surface area (Å²) < 4.78 is 5.48. The summed E-state index contributed by atoms with van der Waals surface area (Å²) in [7, 11) is 0. The van der Waals surface area contributed by atoms with Crippen LogP contribution in [0.4, 0.5) is 0 Å². The molecule has 0 fully saturated rings.